The van der Waals surface area contributed by atoms with Gasteiger partial charge in [0.25, 0.3) is 5.91 Å². The highest BCUT2D eigenvalue weighted by Gasteiger charge is 2.19. The van der Waals surface area contributed by atoms with Gasteiger partial charge in [0.15, 0.2) is 0 Å². The van der Waals surface area contributed by atoms with E-state index in [4.69, 9.17) is 0 Å². The summed E-state index contributed by atoms with van der Waals surface area (Å²) in [6.07, 6.45) is 6.18. The van der Waals surface area contributed by atoms with Crippen molar-refractivity contribution >= 4 is 5.91 Å². The predicted octanol–water partition coefficient (Wildman–Crippen LogP) is 2.89. The lowest BCUT2D eigenvalue weighted by Gasteiger charge is -2.11. The molecular formula is C22H23FN4O. The van der Waals surface area contributed by atoms with E-state index < -0.39 is 0 Å². The quantitative estimate of drug-likeness (QED) is 0.622. The zero-order valence-corrected chi connectivity index (χ0v) is 15.6. The second-order valence-corrected chi connectivity index (χ2v) is 7.09. The van der Waals surface area contributed by atoms with Crippen LogP contribution in [0.4, 0.5) is 4.39 Å². The minimum atomic E-state index is -0.302. The van der Waals surface area contributed by atoms with E-state index in [0.29, 0.717) is 23.8 Å². The molecule has 1 aromatic heterocycles. The van der Waals surface area contributed by atoms with Gasteiger partial charge in [0.1, 0.15) is 5.82 Å². The van der Waals surface area contributed by atoms with Gasteiger partial charge in [-0.05, 0) is 61.2 Å². The molecule has 2 N–H and O–H groups in total. The molecule has 0 radical (unpaired) electrons. The van der Waals surface area contributed by atoms with E-state index in [-0.39, 0.29) is 11.7 Å². The molecule has 3 aromatic rings. The van der Waals surface area contributed by atoms with Crippen LogP contribution in [0, 0.1) is 5.82 Å². The molecule has 1 heterocycles. The molecule has 1 aliphatic carbocycles. The number of carbonyl (C=O) groups excluding carboxylic acids is 1. The van der Waals surface area contributed by atoms with E-state index in [1.165, 1.54) is 29.5 Å². The Hall–Kier alpha value is -2.99. The summed E-state index contributed by atoms with van der Waals surface area (Å²) in [6.45, 7) is 1.47. The molecule has 1 amide bonds. The molecule has 0 aliphatic heterocycles. The number of amides is 1. The molecule has 0 fully saturated rings. The second kappa shape index (κ2) is 8.35. The van der Waals surface area contributed by atoms with Crippen LogP contribution < -0.4 is 10.6 Å². The molecule has 6 heteroatoms. The summed E-state index contributed by atoms with van der Waals surface area (Å²) in [6, 6.07) is 15.0. The van der Waals surface area contributed by atoms with Gasteiger partial charge in [-0.25, -0.2) is 9.07 Å². The van der Waals surface area contributed by atoms with Crippen molar-refractivity contribution in [2.45, 2.75) is 25.3 Å². The Kier molecular flexibility index (Phi) is 5.48. The molecule has 0 atom stereocenters. The number of carbonyl (C=O) groups is 1. The summed E-state index contributed by atoms with van der Waals surface area (Å²) in [5.74, 6) is -0.453. The third-order valence-electron chi connectivity index (χ3n) is 5.06. The highest BCUT2D eigenvalue weighted by molar-refractivity contribution is 5.93. The van der Waals surface area contributed by atoms with Crippen molar-refractivity contribution in [3.8, 4) is 5.69 Å². The number of hydrogen-bond donors (Lipinski definition) is 2. The average Bonchev–Trinajstić information content (AvgIpc) is 3.35. The molecule has 0 spiro atoms. The van der Waals surface area contributed by atoms with Crippen molar-refractivity contribution in [2.75, 3.05) is 13.1 Å². The molecule has 0 bridgehead atoms. The fraction of sp³-hybridized carbons (Fsp3) is 0.273. The maximum atomic E-state index is 13.0. The molecule has 144 valence electrons. The van der Waals surface area contributed by atoms with Crippen LogP contribution in [0.3, 0.4) is 0 Å². The molecule has 5 nitrogen and oxygen atoms in total. The monoisotopic (exact) mass is 378 g/mol. The van der Waals surface area contributed by atoms with Crippen LogP contribution in [-0.4, -0.2) is 34.8 Å². The number of fused-ring (bicyclic) bond motifs is 1. The first kappa shape index (κ1) is 18.4. The molecule has 1 aliphatic rings. The van der Waals surface area contributed by atoms with Crippen LogP contribution in [0.25, 0.3) is 5.69 Å². The summed E-state index contributed by atoms with van der Waals surface area (Å²) in [5, 5.41) is 10.7. The Morgan fingerprint density at radius 2 is 1.79 bits per heavy atom. The Morgan fingerprint density at radius 3 is 2.50 bits per heavy atom. The van der Waals surface area contributed by atoms with E-state index in [0.717, 1.165) is 25.8 Å². The third kappa shape index (κ3) is 4.28. The molecular weight excluding hydrogens is 355 g/mol. The third-order valence-corrected chi connectivity index (χ3v) is 5.06. The molecule has 4 rings (SSSR count). The van der Waals surface area contributed by atoms with Gasteiger partial charge in [-0.1, -0.05) is 24.3 Å². The first-order valence-corrected chi connectivity index (χ1v) is 9.58. The van der Waals surface area contributed by atoms with Crippen LogP contribution in [0.2, 0.25) is 0 Å². The van der Waals surface area contributed by atoms with Crippen LogP contribution in [0.1, 0.15) is 27.9 Å². The van der Waals surface area contributed by atoms with E-state index in [9.17, 15) is 9.18 Å². The van der Waals surface area contributed by atoms with E-state index in [1.54, 1.807) is 23.0 Å². The topological polar surface area (TPSA) is 59.0 Å². The number of nitrogens with zero attached hydrogens (tertiary/aromatic N) is 2. The molecule has 28 heavy (non-hydrogen) atoms. The number of benzene rings is 2. The van der Waals surface area contributed by atoms with Crippen molar-refractivity contribution in [1.82, 2.24) is 20.4 Å². The number of aromatic nitrogens is 2. The Morgan fingerprint density at radius 1 is 1.07 bits per heavy atom. The number of halogens is 1. The normalized spacial score (nSPS) is 13.5. The predicted molar refractivity (Wildman–Crippen MR) is 106 cm³/mol. The number of nitrogens with one attached hydrogen (secondary N) is 2. The molecule has 0 unspecified atom stereocenters. The summed E-state index contributed by atoms with van der Waals surface area (Å²) < 4.78 is 14.6. The first-order chi connectivity index (χ1) is 13.7. The highest BCUT2D eigenvalue weighted by atomic mass is 19.1. The maximum absolute atomic E-state index is 13.0. The van der Waals surface area contributed by atoms with Gasteiger partial charge in [-0.3, -0.25) is 4.79 Å². The minimum absolute atomic E-state index is 0.151. The fourth-order valence-electron chi connectivity index (χ4n) is 3.58. The second-order valence-electron chi connectivity index (χ2n) is 7.09. The van der Waals surface area contributed by atoms with Crippen molar-refractivity contribution in [3.05, 3.63) is 83.4 Å². The fourth-order valence-corrected chi connectivity index (χ4v) is 3.58. The van der Waals surface area contributed by atoms with Gasteiger partial charge in [-0.15, -0.1) is 0 Å². The van der Waals surface area contributed by atoms with Crippen molar-refractivity contribution in [1.29, 1.82) is 0 Å². The van der Waals surface area contributed by atoms with Crippen LogP contribution in [0.15, 0.2) is 60.9 Å². The first-order valence-electron chi connectivity index (χ1n) is 9.58. The average molecular weight is 378 g/mol. The molecule has 0 saturated carbocycles. The molecule has 2 aromatic carbocycles. The molecule has 0 saturated heterocycles. The Bertz CT molecular complexity index is 926. The Labute approximate surface area is 163 Å². The highest BCUT2D eigenvalue weighted by Crippen LogP contribution is 2.21. The SMILES string of the molecule is O=C(NCCCNC1Cc2ccccc2C1)c1cnn(-c2ccc(F)cc2)c1. The summed E-state index contributed by atoms with van der Waals surface area (Å²) in [5.41, 5.74) is 4.07. The van der Waals surface area contributed by atoms with Gasteiger partial charge in [0.05, 0.1) is 17.4 Å². The lowest BCUT2D eigenvalue weighted by Crippen LogP contribution is -2.33. The smallest absolute Gasteiger partial charge is 0.254 e. The maximum Gasteiger partial charge on any atom is 0.254 e. The van der Waals surface area contributed by atoms with Crippen molar-refractivity contribution in [3.63, 3.8) is 0 Å². The lowest BCUT2D eigenvalue weighted by molar-refractivity contribution is 0.0953. The van der Waals surface area contributed by atoms with Crippen LogP contribution >= 0.6 is 0 Å². The van der Waals surface area contributed by atoms with Gasteiger partial charge >= 0.3 is 0 Å². The van der Waals surface area contributed by atoms with Gasteiger partial charge < -0.3 is 10.6 Å². The van der Waals surface area contributed by atoms with Crippen molar-refractivity contribution < 1.29 is 9.18 Å². The summed E-state index contributed by atoms with van der Waals surface area (Å²) in [4.78, 5) is 12.3. The van der Waals surface area contributed by atoms with E-state index >= 15 is 0 Å². The van der Waals surface area contributed by atoms with Crippen LogP contribution in [-0.2, 0) is 12.8 Å². The lowest BCUT2D eigenvalue weighted by atomic mass is 10.1. The van der Waals surface area contributed by atoms with Gasteiger partial charge in [0, 0.05) is 18.8 Å². The number of rotatable bonds is 7. The van der Waals surface area contributed by atoms with E-state index in [2.05, 4.69) is 40.0 Å². The minimum Gasteiger partial charge on any atom is -0.352 e. The van der Waals surface area contributed by atoms with E-state index in [1.807, 2.05) is 0 Å². The van der Waals surface area contributed by atoms with Gasteiger partial charge in [0.2, 0.25) is 0 Å². The standard InChI is InChI=1S/C22H23FN4O/c23-19-6-8-21(9-7-19)27-15-18(14-26-27)22(28)25-11-3-10-24-20-12-16-4-1-2-5-17(16)13-20/h1-2,4-9,14-15,20,24H,3,10-13H2,(H,25,28). The zero-order chi connectivity index (χ0) is 19.3. The summed E-state index contributed by atoms with van der Waals surface area (Å²) in [7, 11) is 0. The zero-order valence-electron chi connectivity index (χ0n) is 15.6. The van der Waals surface area contributed by atoms with Gasteiger partial charge in [-0.2, -0.15) is 5.10 Å². The Balaban J connectivity index is 1.19. The van der Waals surface area contributed by atoms with Crippen LogP contribution in [0.5, 0.6) is 0 Å². The number of hydrogen-bond acceptors (Lipinski definition) is 3. The largest absolute Gasteiger partial charge is 0.352 e. The van der Waals surface area contributed by atoms with Crippen molar-refractivity contribution in [2.24, 2.45) is 0 Å². The summed E-state index contributed by atoms with van der Waals surface area (Å²) >= 11 is 0.